The van der Waals surface area contributed by atoms with Crippen molar-refractivity contribution in [2.75, 3.05) is 0 Å². The third-order valence-corrected chi connectivity index (χ3v) is 2.99. The first-order valence-electron chi connectivity index (χ1n) is 5.51. The summed E-state index contributed by atoms with van der Waals surface area (Å²) in [6.07, 6.45) is 1.87. The lowest BCUT2D eigenvalue weighted by Gasteiger charge is -2.05. The van der Waals surface area contributed by atoms with Gasteiger partial charge in [-0.05, 0) is 41.7 Å². The molecule has 0 aliphatic heterocycles. The molecular weight excluding hydrogens is 192 g/mol. The SMILES string of the molecule is C=Cc1ccc(-c2ccc(C)c(C)c2)cc1. The molecule has 0 saturated heterocycles. The normalized spacial score (nSPS) is 10.1. The van der Waals surface area contributed by atoms with Crippen LogP contribution in [0.1, 0.15) is 16.7 Å². The van der Waals surface area contributed by atoms with E-state index >= 15 is 0 Å². The van der Waals surface area contributed by atoms with Gasteiger partial charge in [-0.1, -0.05) is 55.1 Å². The molecule has 2 aromatic rings. The molecule has 0 fully saturated rings. The second-order valence-corrected chi connectivity index (χ2v) is 4.13. The standard InChI is InChI=1S/C16H16/c1-4-14-6-9-15(10-7-14)16-8-5-12(2)13(3)11-16/h4-11H,1H2,2-3H3. The van der Waals surface area contributed by atoms with Crippen molar-refractivity contribution in [1.82, 2.24) is 0 Å². The number of rotatable bonds is 2. The number of aryl methyl sites for hydroxylation is 2. The van der Waals surface area contributed by atoms with Gasteiger partial charge in [0.1, 0.15) is 0 Å². The minimum atomic E-state index is 1.16. The van der Waals surface area contributed by atoms with Crippen molar-refractivity contribution in [3.63, 3.8) is 0 Å². The van der Waals surface area contributed by atoms with E-state index in [-0.39, 0.29) is 0 Å². The number of hydrogen-bond donors (Lipinski definition) is 0. The highest BCUT2D eigenvalue weighted by Crippen LogP contribution is 2.22. The Morgan fingerprint density at radius 3 is 2.00 bits per heavy atom. The smallest absolute Gasteiger partial charge is 0.0181 e. The summed E-state index contributed by atoms with van der Waals surface area (Å²) < 4.78 is 0. The second-order valence-electron chi connectivity index (χ2n) is 4.13. The average molecular weight is 208 g/mol. The van der Waals surface area contributed by atoms with E-state index in [0.29, 0.717) is 0 Å². The predicted molar refractivity (Wildman–Crippen MR) is 71.4 cm³/mol. The van der Waals surface area contributed by atoms with E-state index in [0.717, 1.165) is 5.56 Å². The van der Waals surface area contributed by atoms with Crippen LogP contribution in [0.2, 0.25) is 0 Å². The van der Waals surface area contributed by atoms with Crippen LogP contribution >= 0.6 is 0 Å². The van der Waals surface area contributed by atoms with Gasteiger partial charge in [-0.25, -0.2) is 0 Å². The first-order valence-corrected chi connectivity index (χ1v) is 5.51. The maximum atomic E-state index is 3.76. The number of benzene rings is 2. The molecule has 0 heteroatoms. The molecule has 0 aliphatic rings. The van der Waals surface area contributed by atoms with E-state index in [1.165, 1.54) is 22.3 Å². The molecule has 0 heterocycles. The lowest BCUT2D eigenvalue weighted by molar-refractivity contribution is 1.34. The van der Waals surface area contributed by atoms with Crippen LogP contribution in [0.5, 0.6) is 0 Å². The lowest BCUT2D eigenvalue weighted by Crippen LogP contribution is -1.83. The monoisotopic (exact) mass is 208 g/mol. The topological polar surface area (TPSA) is 0 Å². The molecule has 0 spiro atoms. The summed E-state index contributed by atoms with van der Waals surface area (Å²) in [5.41, 5.74) is 6.37. The molecule has 0 unspecified atom stereocenters. The highest BCUT2D eigenvalue weighted by atomic mass is 14.0. The maximum absolute atomic E-state index is 3.76. The molecule has 80 valence electrons. The zero-order valence-electron chi connectivity index (χ0n) is 9.83. The van der Waals surface area contributed by atoms with Gasteiger partial charge >= 0.3 is 0 Å². The van der Waals surface area contributed by atoms with E-state index in [2.05, 4.69) is 62.9 Å². The third kappa shape index (κ3) is 2.06. The molecule has 0 amide bonds. The van der Waals surface area contributed by atoms with Gasteiger partial charge in [-0.3, -0.25) is 0 Å². The van der Waals surface area contributed by atoms with Crippen molar-refractivity contribution < 1.29 is 0 Å². The molecular formula is C16H16. The molecule has 0 N–H and O–H groups in total. The third-order valence-electron chi connectivity index (χ3n) is 2.99. The summed E-state index contributed by atoms with van der Waals surface area (Å²) in [5.74, 6) is 0. The van der Waals surface area contributed by atoms with Crippen LogP contribution in [0.3, 0.4) is 0 Å². The second kappa shape index (κ2) is 4.36. The van der Waals surface area contributed by atoms with Gasteiger partial charge in [0.05, 0.1) is 0 Å². The molecule has 0 nitrogen and oxygen atoms in total. The molecule has 0 aromatic heterocycles. The summed E-state index contributed by atoms with van der Waals surface area (Å²) in [7, 11) is 0. The summed E-state index contributed by atoms with van der Waals surface area (Å²) in [5, 5.41) is 0. The van der Waals surface area contributed by atoms with Crippen LogP contribution in [0.4, 0.5) is 0 Å². The Balaban J connectivity index is 2.42. The Kier molecular flexibility index (Phi) is 2.91. The highest BCUT2D eigenvalue weighted by molar-refractivity contribution is 5.66. The minimum Gasteiger partial charge on any atom is -0.0985 e. The minimum absolute atomic E-state index is 1.16. The van der Waals surface area contributed by atoms with Gasteiger partial charge in [-0.15, -0.1) is 0 Å². The van der Waals surface area contributed by atoms with Gasteiger partial charge in [-0.2, -0.15) is 0 Å². The van der Waals surface area contributed by atoms with E-state index in [9.17, 15) is 0 Å². The van der Waals surface area contributed by atoms with Crippen LogP contribution in [-0.2, 0) is 0 Å². The Hall–Kier alpha value is -1.82. The Morgan fingerprint density at radius 2 is 1.44 bits per heavy atom. The zero-order chi connectivity index (χ0) is 11.5. The highest BCUT2D eigenvalue weighted by Gasteiger charge is 1.99. The summed E-state index contributed by atoms with van der Waals surface area (Å²) >= 11 is 0. The Morgan fingerprint density at radius 1 is 0.812 bits per heavy atom. The maximum Gasteiger partial charge on any atom is -0.0181 e. The first kappa shape index (κ1) is 10.7. The van der Waals surface area contributed by atoms with E-state index in [1.54, 1.807) is 0 Å². The van der Waals surface area contributed by atoms with Crippen LogP contribution < -0.4 is 0 Å². The van der Waals surface area contributed by atoms with Crippen LogP contribution in [-0.4, -0.2) is 0 Å². The first-order chi connectivity index (χ1) is 7.70. The molecule has 0 aliphatic carbocycles. The van der Waals surface area contributed by atoms with Crippen LogP contribution in [0.15, 0.2) is 49.0 Å². The average Bonchev–Trinajstić information content (AvgIpc) is 2.33. The fourth-order valence-corrected chi connectivity index (χ4v) is 1.73. The van der Waals surface area contributed by atoms with Gasteiger partial charge < -0.3 is 0 Å². The van der Waals surface area contributed by atoms with E-state index < -0.39 is 0 Å². The van der Waals surface area contributed by atoms with Crippen molar-refractivity contribution >= 4 is 6.08 Å². The molecule has 16 heavy (non-hydrogen) atoms. The van der Waals surface area contributed by atoms with Gasteiger partial charge in [0.15, 0.2) is 0 Å². The van der Waals surface area contributed by atoms with Gasteiger partial charge in [0.25, 0.3) is 0 Å². The molecule has 2 rings (SSSR count). The predicted octanol–water partition coefficient (Wildman–Crippen LogP) is 4.61. The van der Waals surface area contributed by atoms with Crippen LogP contribution in [0.25, 0.3) is 17.2 Å². The van der Waals surface area contributed by atoms with Crippen molar-refractivity contribution in [2.24, 2.45) is 0 Å². The summed E-state index contributed by atoms with van der Waals surface area (Å²) in [6.45, 7) is 8.05. The molecule has 0 radical (unpaired) electrons. The van der Waals surface area contributed by atoms with Crippen LogP contribution in [0, 0.1) is 13.8 Å². The van der Waals surface area contributed by atoms with Gasteiger partial charge in [0, 0.05) is 0 Å². The molecule has 0 atom stereocenters. The van der Waals surface area contributed by atoms with Crippen molar-refractivity contribution in [3.05, 3.63) is 65.7 Å². The zero-order valence-corrected chi connectivity index (χ0v) is 9.83. The fraction of sp³-hybridized carbons (Fsp3) is 0.125. The van der Waals surface area contributed by atoms with E-state index in [1.807, 2.05) is 6.08 Å². The molecule has 0 bridgehead atoms. The summed E-state index contributed by atoms with van der Waals surface area (Å²) in [6, 6.07) is 15.0. The largest absolute Gasteiger partial charge is 0.0985 e. The molecule has 2 aromatic carbocycles. The molecule has 0 saturated carbocycles. The number of hydrogen-bond acceptors (Lipinski definition) is 0. The van der Waals surface area contributed by atoms with Gasteiger partial charge in [0.2, 0.25) is 0 Å². The Bertz CT molecular complexity index is 504. The van der Waals surface area contributed by atoms with E-state index in [4.69, 9.17) is 0 Å². The van der Waals surface area contributed by atoms with Crippen molar-refractivity contribution in [1.29, 1.82) is 0 Å². The summed E-state index contributed by atoms with van der Waals surface area (Å²) in [4.78, 5) is 0. The fourth-order valence-electron chi connectivity index (χ4n) is 1.73. The lowest BCUT2D eigenvalue weighted by atomic mass is 10.00. The quantitative estimate of drug-likeness (QED) is 0.676. The van der Waals surface area contributed by atoms with Crippen molar-refractivity contribution in [2.45, 2.75) is 13.8 Å². The Labute approximate surface area is 97.3 Å². The van der Waals surface area contributed by atoms with Crippen molar-refractivity contribution in [3.8, 4) is 11.1 Å².